The number of aliphatic hydroxyl groups excluding tert-OH is 1. The van der Waals surface area contributed by atoms with Gasteiger partial charge in [-0.3, -0.25) is 14.4 Å². The maximum atomic E-state index is 12.1. The molecule has 0 saturated carbocycles. The van der Waals surface area contributed by atoms with Gasteiger partial charge in [0.15, 0.2) is 6.04 Å². The molecule has 0 aromatic heterocycles. The highest BCUT2D eigenvalue weighted by atomic mass is 16.5. The zero-order valence-corrected chi connectivity index (χ0v) is 14.4. The quantitative estimate of drug-likeness (QED) is 0.212. The number of aliphatic hydroxyl groups is 1. The number of hydrogen-bond acceptors (Lipinski definition) is 7. The van der Waals surface area contributed by atoms with Crippen molar-refractivity contribution < 1.29 is 34.1 Å². The Kier molecular flexibility index (Phi) is 6.51. The summed E-state index contributed by atoms with van der Waals surface area (Å²) in [4.78, 5) is 47.1. The highest BCUT2D eigenvalue weighted by molar-refractivity contribution is 5.87. The normalized spacial score (nSPS) is 24.9. The van der Waals surface area contributed by atoms with Crippen LogP contribution < -0.4 is 16.4 Å². The fourth-order valence-electron chi connectivity index (χ4n) is 2.88. The van der Waals surface area contributed by atoms with Crippen LogP contribution in [0.2, 0.25) is 0 Å². The first-order valence-electron chi connectivity index (χ1n) is 8.37. The van der Waals surface area contributed by atoms with Crippen molar-refractivity contribution in [3.63, 3.8) is 0 Å². The fraction of sp³-hybridized carbons (Fsp3) is 0.733. The van der Waals surface area contributed by atoms with E-state index in [-0.39, 0.29) is 31.2 Å². The molecule has 0 unspecified atom stereocenters. The van der Waals surface area contributed by atoms with Crippen LogP contribution in [0.15, 0.2) is 0 Å². The maximum Gasteiger partial charge on any atom is 0.329 e. The Morgan fingerprint density at radius 2 is 2.12 bits per heavy atom. The minimum absolute atomic E-state index is 0.0765. The van der Waals surface area contributed by atoms with Gasteiger partial charge < -0.3 is 36.2 Å². The number of nitrogens with one attached hydrogen (secondary N) is 2. The summed E-state index contributed by atoms with van der Waals surface area (Å²) in [6.07, 6.45) is -1.99. The minimum atomic E-state index is -1.61. The Morgan fingerprint density at radius 1 is 1.42 bits per heavy atom. The number of carboxylic acid groups (broad SMARTS) is 1. The molecule has 2 saturated heterocycles. The van der Waals surface area contributed by atoms with Crippen molar-refractivity contribution >= 4 is 23.7 Å². The first-order valence-corrected chi connectivity index (χ1v) is 8.37. The van der Waals surface area contributed by atoms with Crippen molar-refractivity contribution in [3.8, 4) is 0 Å². The van der Waals surface area contributed by atoms with Gasteiger partial charge in [0, 0.05) is 13.5 Å². The predicted molar refractivity (Wildman–Crippen MR) is 86.5 cm³/mol. The number of fused-ring (bicyclic) bond motifs is 1. The summed E-state index contributed by atoms with van der Waals surface area (Å²) in [7, 11) is 0. The Morgan fingerprint density at radius 3 is 2.65 bits per heavy atom. The predicted octanol–water partition coefficient (Wildman–Crippen LogP) is -2.88. The van der Waals surface area contributed by atoms with Gasteiger partial charge >= 0.3 is 5.97 Å². The van der Waals surface area contributed by atoms with Crippen molar-refractivity contribution in [2.75, 3.05) is 13.1 Å². The number of amides is 3. The van der Waals surface area contributed by atoms with Gasteiger partial charge in [-0.1, -0.05) is 0 Å². The molecule has 2 rings (SSSR count). The summed E-state index contributed by atoms with van der Waals surface area (Å²) < 4.78 is 5.44. The molecule has 2 heterocycles. The van der Waals surface area contributed by atoms with Crippen molar-refractivity contribution in [2.24, 2.45) is 5.73 Å². The molecule has 146 valence electrons. The summed E-state index contributed by atoms with van der Waals surface area (Å²) in [6, 6.07) is -2.59. The molecule has 11 heteroatoms. The lowest BCUT2D eigenvalue weighted by molar-refractivity contribution is -0.161. The maximum absolute atomic E-state index is 12.1. The molecule has 3 amide bonds. The van der Waals surface area contributed by atoms with E-state index in [1.54, 1.807) is 0 Å². The fourth-order valence-corrected chi connectivity index (χ4v) is 2.88. The largest absolute Gasteiger partial charge is 0.480 e. The molecule has 6 N–H and O–H groups in total. The molecule has 0 aromatic rings. The molecule has 0 aliphatic carbocycles. The molecule has 2 aliphatic heterocycles. The lowest BCUT2D eigenvalue weighted by atomic mass is 10.0. The van der Waals surface area contributed by atoms with Crippen LogP contribution in [0.3, 0.4) is 0 Å². The molecule has 0 aromatic carbocycles. The number of carboxylic acids is 1. The van der Waals surface area contributed by atoms with Crippen LogP contribution in [0.4, 0.5) is 0 Å². The van der Waals surface area contributed by atoms with E-state index in [1.165, 1.54) is 11.8 Å². The number of carbonyl (C=O) groups is 4. The Hall–Kier alpha value is -2.24. The van der Waals surface area contributed by atoms with E-state index >= 15 is 0 Å². The van der Waals surface area contributed by atoms with Crippen molar-refractivity contribution in [2.45, 2.75) is 56.7 Å². The molecule has 5 atom stereocenters. The van der Waals surface area contributed by atoms with Gasteiger partial charge in [0.2, 0.25) is 17.7 Å². The van der Waals surface area contributed by atoms with Crippen LogP contribution in [-0.4, -0.2) is 82.4 Å². The summed E-state index contributed by atoms with van der Waals surface area (Å²) in [6.45, 7) is 1.79. The number of carbonyl (C=O) groups excluding carboxylic acids is 3. The highest BCUT2D eigenvalue weighted by Gasteiger charge is 2.49. The third kappa shape index (κ3) is 4.68. The second kappa shape index (κ2) is 8.43. The molecule has 2 aliphatic rings. The van der Waals surface area contributed by atoms with Crippen LogP contribution in [-0.2, 0) is 23.9 Å². The van der Waals surface area contributed by atoms with Crippen molar-refractivity contribution in [1.82, 2.24) is 15.5 Å². The summed E-state index contributed by atoms with van der Waals surface area (Å²) in [5.41, 5.74) is 5.73. The number of nitrogens with zero attached hydrogens (tertiary/aromatic N) is 1. The zero-order valence-electron chi connectivity index (χ0n) is 14.4. The van der Waals surface area contributed by atoms with E-state index in [0.717, 1.165) is 0 Å². The topological polar surface area (TPSA) is 171 Å². The summed E-state index contributed by atoms with van der Waals surface area (Å²) in [5, 5.41) is 24.4. The van der Waals surface area contributed by atoms with Gasteiger partial charge in [0.25, 0.3) is 0 Å². The van der Waals surface area contributed by atoms with E-state index in [0.29, 0.717) is 13.0 Å². The van der Waals surface area contributed by atoms with Crippen LogP contribution in [0.1, 0.15) is 26.2 Å². The molecule has 0 radical (unpaired) electrons. The van der Waals surface area contributed by atoms with Gasteiger partial charge in [-0.15, -0.1) is 0 Å². The highest BCUT2D eigenvalue weighted by Crippen LogP contribution is 2.30. The number of β-lactam (4-membered cyclic amide) rings is 1. The molecule has 11 nitrogen and oxygen atoms in total. The monoisotopic (exact) mass is 372 g/mol. The van der Waals surface area contributed by atoms with Gasteiger partial charge in [-0.2, -0.15) is 0 Å². The van der Waals surface area contributed by atoms with E-state index < -0.39 is 42.4 Å². The minimum Gasteiger partial charge on any atom is -0.480 e. The number of nitrogens with two attached hydrogens (primary N) is 1. The van der Waals surface area contributed by atoms with Gasteiger partial charge in [0.1, 0.15) is 18.4 Å². The number of rotatable bonds is 9. The second-order valence-corrected chi connectivity index (χ2v) is 6.43. The van der Waals surface area contributed by atoms with E-state index in [2.05, 4.69) is 10.6 Å². The molecule has 0 spiro atoms. The van der Waals surface area contributed by atoms with Gasteiger partial charge in [-0.05, 0) is 12.8 Å². The summed E-state index contributed by atoms with van der Waals surface area (Å²) >= 11 is 0. The smallest absolute Gasteiger partial charge is 0.329 e. The Balaban J connectivity index is 1.84. The molecular weight excluding hydrogens is 348 g/mol. The summed E-state index contributed by atoms with van der Waals surface area (Å²) in [5.74, 6) is -2.48. The standard InChI is InChI=1S/C15H24N4O7/c1-7(20)17-4-2-3-8(16)14(23)18-12(15(24)25)13(22)9-6-19-10(21)5-11(19)26-9/h8-9,11-13,22H,2-6,16H2,1H3,(H,17,20)(H,18,23)(H,24,25)/t8-,9+,11-,12+,13+/m1/s1. The lowest BCUT2D eigenvalue weighted by Crippen LogP contribution is -2.57. The third-order valence-corrected chi connectivity index (χ3v) is 4.41. The Bertz CT molecular complexity index is 584. The lowest BCUT2D eigenvalue weighted by Gasteiger charge is -2.31. The van der Waals surface area contributed by atoms with E-state index in [1.807, 2.05) is 0 Å². The Labute approximate surface area is 149 Å². The van der Waals surface area contributed by atoms with Crippen LogP contribution in [0.25, 0.3) is 0 Å². The van der Waals surface area contributed by atoms with E-state index in [9.17, 15) is 29.4 Å². The molecule has 26 heavy (non-hydrogen) atoms. The number of hydrogen-bond donors (Lipinski definition) is 5. The average Bonchev–Trinajstić information content (AvgIpc) is 2.92. The third-order valence-electron chi connectivity index (χ3n) is 4.41. The number of ether oxygens (including phenoxy) is 1. The first-order chi connectivity index (χ1) is 12.2. The zero-order chi connectivity index (χ0) is 19.4. The van der Waals surface area contributed by atoms with E-state index in [4.69, 9.17) is 10.5 Å². The average molecular weight is 372 g/mol. The number of aliphatic carboxylic acids is 1. The van der Waals surface area contributed by atoms with Gasteiger partial charge in [-0.25, -0.2) is 4.79 Å². The molecule has 2 fully saturated rings. The van der Waals surface area contributed by atoms with Crippen LogP contribution >= 0.6 is 0 Å². The van der Waals surface area contributed by atoms with Crippen LogP contribution in [0, 0.1) is 0 Å². The molecule has 0 bridgehead atoms. The second-order valence-electron chi connectivity index (χ2n) is 6.43. The van der Waals surface area contributed by atoms with Crippen molar-refractivity contribution in [1.29, 1.82) is 0 Å². The first kappa shape index (κ1) is 20.1. The van der Waals surface area contributed by atoms with Gasteiger partial charge in [0.05, 0.1) is 19.0 Å². The van der Waals surface area contributed by atoms with Crippen LogP contribution in [0.5, 0.6) is 0 Å². The van der Waals surface area contributed by atoms with Crippen molar-refractivity contribution in [3.05, 3.63) is 0 Å². The molecular formula is C15H24N4O7. The SMILES string of the molecule is CC(=O)NCCC[C@@H](N)C(=O)N[C@H](C(=O)O)[C@@H](O)[C@@H]1CN2C(=O)C[C@H]2O1.